The number of halogens is 1. The third-order valence-corrected chi connectivity index (χ3v) is 2.95. The Morgan fingerprint density at radius 1 is 1.30 bits per heavy atom. The molecule has 98 valence electrons. The van der Waals surface area contributed by atoms with Crippen molar-refractivity contribution in [3.63, 3.8) is 0 Å². The van der Waals surface area contributed by atoms with Crippen molar-refractivity contribution in [2.45, 2.75) is 6.54 Å². The van der Waals surface area contributed by atoms with Gasteiger partial charge in [0.15, 0.2) is 11.5 Å². The fourth-order valence-corrected chi connectivity index (χ4v) is 1.96. The van der Waals surface area contributed by atoms with E-state index in [0.29, 0.717) is 22.3 Å². The van der Waals surface area contributed by atoms with Crippen LogP contribution in [0.5, 0.6) is 0 Å². The van der Waals surface area contributed by atoms with Crippen LogP contribution in [-0.2, 0) is 6.54 Å². The first kappa shape index (κ1) is 12.0. The van der Waals surface area contributed by atoms with Gasteiger partial charge in [-0.2, -0.15) is 5.26 Å². The van der Waals surface area contributed by atoms with Gasteiger partial charge in [0, 0.05) is 5.56 Å². The number of hydrogen-bond acceptors (Lipinski definition) is 5. The monoisotopic (exact) mass is 268 g/mol. The number of hydrogen-bond donors (Lipinski definition) is 1. The predicted octanol–water partition coefficient (Wildman–Crippen LogP) is 1.47. The number of nitriles is 1. The lowest BCUT2D eigenvalue weighted by Crippen LogP contribution is -2.03. The summed E-state index contributed by atoms with van der Waals surface area (Å²) in [4.78, 5) is 12.1. The smallest absolute Gasteiger partial charge is 0.165 e. The van der Waals surface area contributed by atoms with Crippen LogP contribution in [0.3, 0.4) is 0 Å². The second kappa shape index (κ2) is 4.59. The minimum absolute atomic E-state index is 0.217. The first-order chi connectivity index (χ1) is 9.69. The Balaban J connectivity index is 2.06. The molecule has 7 heteroatoms. The van der Waals surface area contributed by atoms with Gasteiger partial charge in [-0.05, 0) is 18.2 Å². The van der Waals surface area contributed by atoms with E-state index in [4.69, 9.17) is 11.0 Å². The van der Waals surface area contributed by atoms with Crippen LogP contribution in [0, 0.1) is 17.1 Å². The minimum atomic E-state index is -0.382. The molecule has 2 aromatic heterocycles. The van der Waals surface area contributed by atoms with Crippen LogP contribution in [0.15, 0.2) is 30.9 Å². The lowest BCUT2D eigenvalue weighted by molar-refractivity contribution is 0.601. The molecule has 0 spiro atoms. The molecule has 0 atom stereocenters. The minimum Gasteiger partial charge on any atom is -0.382 e. The molecule has 0 unspecified atom stereocenters. The molecule has 3 aromatic rings. The predicted molar refractivity (Wildman–Crippen MR) is 70.0 cm³/mol. The molecule has 0 radical (unpaired) electrons. The number of imidazole rings is 1. The van der Waals surface area contributed by atoms with Gasteiger partial charge in [-0.25, -0.2) is 19.3 Å². The number of nitrogen functional groups attached to an aromatic ring is 1. The van der Waals surface area contributed by atoms with E-state index in [1.165, 1.54) is 30.9 Å². The molecule has 0 bridgehead atoms. The molecular formula is C13H9FN6. The normalized spacial score (nSPS) is 10.6. The fraction of sp³-hybridized carbons (Fsp3) is 0.0769. The second-order valence-corrected chi connectivity index (χ2v) is 4.22. The third-order valence-electron chi connectivity index (χ3n) is 2.95. The topological polar surface area (TPSA) is 93.4 Å². The highest BCUT2D eigenvalue weighted by Gasteiger charge is 2.10. The molecule has 3 rings (SSSR count). The lowest BCUT2D eigenvalue weighted by atomic mass is 10.1. The zero-order valence-corrected chi connectivity index (χ0v) is 10.3. The summed E-state index contributed by atoms with van der Waals surface area (Å²) in [6, 6.07) is 6.20. The second-order valence-electron chi connectivity index (χ2n) is 4.22. The van der Waals surface area contributed by atoms with Crippen LogP contribution in [0.2, 0.25) is 0 Å². The Labute approximate surface area is 113 Å². The van der Waals surface area contributed by atoms with Gasteiger partial charge in [-0.3, -0.25) is 0 Å². The Bertz CT molecular complexity index is 832. The number of rotatable bonds is 2. The van der Waals surface area contributed by atoms with Crippen molar-refractivity contribution in [1.82, 2.24) is 19.5 Å². The zero-order chi connectivity index (χ0) is 14.1. The number of nitrogens with zero attached hydrogens (tertiary/aromatic N) is 5. The molecule has 6 nitrogen and oxygen atoms in total. The van der Waals surface area contributed by atoms with Crippen LogP contribution in [0.25, 0.3) is 11.2 Å². The van der Waals surface area contributed by atoms with Crippen LogP contribution >= 0.6 is 0 Å². The summed E-state index contributed by atoms with van der Waals surface area (Å²) in [6.45, 7) is 0.217. The highest BCUT2D eigenvalue weighted by molar-refractivity contribution is 5.81. The number of fused-ring (bicyclic) bond motifs is 1. The van der Waals surface area contributed by atoms with Gasteiger partial charge in [-0.1, -0.05) is 0 Å². The Kier molecular flexibility index (Phi) is 2.76. The summed E-state index contributed by atoms with van der Waals surface area (Å²) in [7, 11) is 0. The summed E-state index contributed by atoms with van der Waals surface area (Å²) in [6.07, 6.45) is 2.85. The standard InChI is InChI=1S/C13H9FN6/c14-10-2-1-8(4-15)3-9(10)5-20-7-19-11-12(16)17-6-18-13(11)20/h1-3,6-7H,5H2,(H2,16,17,18). The van der Waals surface area contributed by atoms with Gasteiger partial charge >= 0.3 is 0 Å². The summed E-state index contributed by atoms with van der Waals surface area (Å²) in [5, 5.41) is 8.86. The van der Waals surface area contributed by atoms with Crippen LogP contribution < -0.4 is 5.73 Å². The fourth-order valence-electron chi connectivity index (χ4n) is 1.96. The number of anilines is 1. The molecule has 0 aliphatic rings. The highest BCUT2D eigenvalue weighted by Crippen LogP contribution is 2.17. The van der Waals surface area contributed by atoms with Crippen molar-refractivity contribution in [2.24, 2.45) is 0 Å². The third kappa shape index (κ3) is 1.93. The summed E-state index contributed by atoms with van der Waals surface area (Å²) < 4.78 is 15.4. The van der Waals surface area contributed by atoms with Crippen molar-refractivity contribution in [3.05, 3.63) is 47.8 Å². The van der Waals surface area contributed by atoms with Gasteiger partial charge in [0.2, 0.25) is 0 Å². The Morgan fingerprint density at radius 2 is 2.15 bits per heavy atom. The summed E-state index contributed by atoms with van der Waals surface area (Å²) >= 11 is 0. The molecule has 20 heavy (non-hydrogen) atoms. The molecular weight excluding hydrogens is 259 g/mol. The van der Waals surface area contributed by atoms with E-state index in [1.807, 2.05) is 6.07 Å². The maximum atomic E-state index is 13.8. The van der Waals surface area contributed by atoms with Crippen LogP contribution in [-0.4, -0.2) is 19.5 Å². The van der Waals surface area contributed by atoms with Crippen molar-refractivity contribution in [3.8, 4) is 6.07 Å². The molecule has 1 aromatic carbocycles. The van der Waals surface area contributed by atoms with Crippen molar-refractivity contribution in [1.29, 1.82) is 5.26 Å². The molecule has 2 heterocycles. The first-order valence-corrected chi connectivity index (χ1v) is 5.79. The molecule has 0 saturated carbocycles. The molecule has 0 amide bonds. The molecule has 0 fully saturated rings. The van der Waals surface area contributed by atoms with Crippen molar-refractivity contribution >= 4 is 17.0 Å². The van der Waals surface area contributed by atoms with Crippen molar-refractivity contribution in [2.75, 3.05) is 5.73 Å². The average molecular weight is 268 g/mol. The van der Waals surface area contributed by atoms with Gasteiger partial charge < -0.3 is 10.3 Å². The lowest BCUT2D eigenvalue weighted by Gasteiger charge is -2.05. The Morgan fingerprint density at radius 3 is 2.95 bits per heavy atom. The van der Waals surface area contributed by atoms with Gasteiger partial charge in [0.25, 0.3) is 0 Å². The SMILES string of the molecule is N#Cc1ccc(F)c(Cn2cnc3c(N)ncnc32)c1. The molecule has 0 aliphatic carbocycles. The zero-order valence-electron chi connectivity index (χ0n) is 10.3. The number of benzene rings is 1. The Hall–Kier alpha value is -3.01. The molecule has 2 N–H and O–H groups in total. The number of aromatic nitrogens is 4. The maximum absolute atomic E-state index is 13.8. The largest absolute Gasteiger partial charge is 0.382 e. The van der Waals surface area contributed by atoms with E-state index in [1.54, 1.807) is 4.57 Å². The van der Waals surface area contributed by atoms with E-state index in [9.17, 15) is 4.39 Å². The van der Waals surface area contributed by atoms with Crippen LogP contribution in [0.1, 0.15) is 11.1 Å². The molecule has 0 aliphatic heterocycles. The summed E-state index contributed by atoms with van der Waals surface area (Å²) in [5.41, 5.74) is 7.49. The maximum Gasteiger partial charge on any atom is 0.165 e. The van der Waals surface area contributed by atoms with Crippen LogP contribution in [0.4, 0.5) is 10.2 Å². The molecule has 0 saturated heterocycles. The van der Waals surface area contributed by atoms with Gasteiger partial charge in [-0.15, -0.1) is 0 Å². The van der Waals surface area contributed by atoms with E-state index in [2.05, 4.69) is 15.0 Å². The highest BCUT2D eigenvalue weighted by atomic mass is 19.1. The quantitative estimate of drug-likeness (QED) is 0.759. The van der Waals surface area contributed by atoms with Gasteiger partial charge in [0.05, 0.1) is 24.5 Å². The van der Waals surface area contributed by atoms with E-state index in [-0.39, 0.29) is 18.2 Å². The first-order valence-electron chi connectivity index (χ1n) is 5.79. The summed E-state index contributed by atoms with van der Waals surface area (Å²) in [5.74, 6) is -0.104. The number of nitrogens with two attached hydrogens (primary N) is 1. The average Bonchev–Trinajstić information content (AvgIpc) is 2.86. The van der Waals surface area contributed by atoms with Crippen molar-refractivity contribution < 1.29 is 4.39 Å². The van der Waals surface area contributed by atoms with E-state index < -0.39 is 0 Å². The van der Waals surface area contributed by atoms with E-state index in [0.717, 1.165) is 0 Å². The van der Waals surface area contributed by atoms with Gasteiger partial charge in [0.1, 0.15) is 17.7 Å². The van der Waals surface area contributed by atoms with E-state index >= 15 is 0 Å².